The number of nitrogens with two attached hydrogens (primary N) is 1. The summed E-state index contributed by atoms with van der Waals surface area (Å²) in [6, 6.07) is 4.79. The van der Waals surface area contributed by atoms with Crippen LogP contribution in [0.3, 0.4) is 0 Å². The van der Waals surface area contributed by atoms with Crippen LogP contribution in [0.25, 0.3) is 0 Å². The summed E-state index contributed by atoms with van der Waals surface area (Å²) in [5.74, 6) is -0.180. The Balaban J connectivity index is 1.85. The van der Waals surface area contributed by atoms with E-state index >= 15 is 0 Å². The van der Waals surface area contributed by atoms with Crippen LogP contribution in [0.1, 0.15) is 20.7 Å². The fourth-order valence-electron chi connectivity index (χ4n) is 2.51. The van der Waals surface area contributed by atoms with Gasteiger partial charge in [0, 0.05) is 24.8 Å². The number of methoxy groups -OCH3 is 1. The van der Waals surface area contributed by atoms with Gasteiger partial charge in [-0.25, -0.2) is 9.97 Å². The van der Waals surface area contributed by atoms with Crippen LogP contribution in [0.2, 0.25) is 0 Å². The molecule has 2 N–H and O–H groups in total. The molecule has 9 nitrogen and oxygen atoms in total. The van der Waals surface area contributed by atoms with E-state index in [2.05, 4.69) is 9.97 Å². The second kappa shape index (κ2) is 7.79. The fraction of sp³-hybridized carbons (Fsp3) is 0.294. The summed E-state index contributed by atoms with van der Waals surface area (Å²) in [6.07, 6.45) is 2.51. The lowest BCUT2D eigenvalue weighted by Crippen LogP contribution is -2.40. The van der Waals surface area contributed by atoms with Gasteiger partial charge in [0.25, 0.3) is 11.8 Å². The number of aromatic nitrogens is 2. The molecule has 0 unspecified atom stereocenters. The molecule has 0 aliphatic carbocycles. The molecule has 2 amide bonds. The smallest absolute Gasteiger partial charge is 0.255 e. The van der Waals surface area contributed by atoms with Crippen molar-refractivity contribution in [2.75, 3.05) is 33.4 Å². The molecule has 2 heterocycles. The third-order valence-corrected chi connectivity index (χ3v) is 3.86. The molecular weight excluding hydrogens is 340 g/mol. The van der Waals surface area contributed by atoms with E-state index in [0.29, 0.717) is 43.4 Å². The lowest BCUT2D eigenvalue weighted by Gasteiger charge is -2.27. The van der Waals surface area contributed by atoms with Crippen LogP contribution >= 0.6 is 0 Å². The van der Waals surface area contributed by atoms with Gasteiger partial charge in [-0.15, -0.1) is 0 Å². The van der Waals surface area contributed by atoms with Crippen molar-refractivity contribution in [2.24, 2.45) is 5.73 Å². The van der Waals surface area contributed by atoms with E-state index in [4.69, 9.17) is 19.9 Å². The molecule has 1 fully saturated rings. The van der Waals surface area contributed by atoms with Crippen LogP contribution in [0.4, 0.5) is 0 Å². The topological polar surface area (TPSA) is 117 Å². The number of morpholine rings is 1. The van der Waals surface area contributed by atoms with E-state index in [1.165, 1.54) is 19.6 Å². The predicted octanol–water partition coefficient (Wildman–Crippen LogP) is 0.849. The van der Waals surface area contributed by atoms with Gasteiger partial charge in [-0.3, -0.25) is 9.59 Å². The van der Waals surface area contributed by atoms with Gasteiger partial charge < -0.3 is 24.8 Å². The Bertz CT molecular complexity index is 821. The molecule has 0 saturated carbocycles. The van der Waals surface area contributed by atoms with Crippen LogP contribution in [0.5, 0.6) is 17.4 Å². The third kappa shape index (κ3) is 3.72. The summed E-state index contributed by atoms with van der Waals surface area (Å²) in [6.45, 7) is 2.13. The summed E-state index contributed by atoms with van der Waals surface area (Å²) in [4.78, 5) is 33.4. The minimum Gasteiger partial charge on any atom is -0.493 e. The Morgan fingerprint density at radius 3 is 2.69 bits per heavy atom. The van der Waals surface area contributed by atoms with Crippen molar-refractivity contribution >= 4 is 11.8 Å². The van der Waals surface area contributed by atoms with E-state index in [9.17, 15) is 9.59 Å². The molecule has 2 aromatic rings. The average Bonchev–Trinajstić information content (AvgIpc) is 2.68. The maximum Gasteiger partial charge on any atom is 0.255 e. The quantitative estimate of drug-likeness (QED) is 0.842. The first-order chi connectivity index (χ1) is 12.6. The highest BCUT2D eigenvalue weighted by Gasteiger charge is 2.21. The molecule has 9 heteroatoms. The monoisotopic (exact) mass is 358 g/mol. The molecule has 0 atom stereocenters. The summed E-state index contributed by atoms with van der Waals surface area (Å²) >= 11 is 0. The zero-order valence-corrected chi connectivity index (χ0v) is 14.2. The Morgan fingerprint density at radius 1 is 1.23 bits per heavy atom. The maximum atomic E-state index is 12.6. The number of hydrogen-bond acceptors (Lipinski definition) is 7. The summed E-state index contributed by atoms with van der Waals surface area (Å²) < 4.78 is 16.2. The van der Waals surface area contributed by atoms with Crippen molar-refractivity contribution in [3.63, 3.8) is 0 Å². The largest absolute Gasteiger partial charge is 0.493 e. The van der Waals surface area contributed by atoms with E-state index in [-0.39, 0.29) is 17.4 Å². The van der Waals surface area contributed by atoms with Gasteiger partial charge >= 0.3 is 0 Å². The normalized spacial score (nSPS) is 14.0. The average molecular weight is 358 g/mol. The van der Waals surface area contributed by atoms with Crippen molar-refractivity contribution in [1.29, 1.82) is 0 Å². The van der Waals surface area contributed by atoms with Crippen molar-refractivity contribution < 1.29 is 23.8 Å². The predicted molar refractivity (Wildman–Crippen MR) is 90.3 cm³/mol. The molecule has 3 rings (SSSR count). The van der Waals surface area contributed by atoms with Gasteiger partial charge in [0.2, 0.25) is 5.88 Å². The van der Waals surface area contributed by atoms with Crippen LogP contribution in [0, 0.1) is 0 Å². The number of benzene rings is 1. The van der Waals surface area contributed by atoms with Gasteiger partial charge in [-0.1, -0.05) is 0 Å². The number of carbonyl (C=O) groups is 2. The number of hydrogen-bond donors (Lipinski definition) is 1. The highest BCUT2D eigenvalue weighted by atomic mass is 16.5. The number of carbonyl (C=O) groups excluding carboxylic acids is 2. The van der Waals surface area contributed by atoms with Gasteiger partial charge in [0.1, 0.15) is 11.9 Å². The third-order valence-electron chi connectivity index (χ3n) is 3.86. The number of amides is 2. The Labute approximate surface area is 149 Å². The molecule has 136 valence electrons. The first kappa shape index (κ1) is 17.6. The molecule has 0 radical (unpaired) electrons. The van der Waals surface area contributed by atoms with E-state index in [1.54, 1.807) is 23.1 Å². The summed E-state index contributed by atoms with van der Waals surface area (Å²) in [5.41, 5.74) is 5.81. The van der Waals surface area contributed by atoms with Gasteiger partial charge in [0.15, 0.2) is 11.5 Å². The van der Waals surface area contributed by atoms with Gasteiger partial charge in [-0.05, 0) is 18.2 Å². The molecule has 0 spiro atoms. The van der Waals surface area contributed by atoms with Crippen molar-refractivity contribution in [2.45, 2.75) is 0 Å². The van der Waals surface area contributed by atoms with Gasteiger partial charge in [0.05, 0.1) is 20.3 Å². The SMILES string of the molecule is COc1cc(C(=O)N2CCOCC2)ccc1Oc1ncncc1C(N)=O. The highest BCUT2D eigenvalue weighted by Crippen LogP contribution is 2.33. The molecule has 1 aliphatic rings. The molecule has 1 aromatic heterocycles. The second-order valence-electron chi connectivity index (χ2n) is 5.48. The van der Waals surface area contributed by atoms with Crippen molar-refractivity contribution in [1.82, 2.24) is 14.9 Å². The Kier molecular flexibility index (Phi) is 5.28. The van der Waals surface area contributed by atoms with E-state index in [0.717, 1.165) is 0 Å². The molecule has 1 aromatic carbocycles. The zero-order valence-electron chi connectivity index (χ0n) is 14.2. The lowest BCUT2D eigenvalue weighted by molar-refractivity contribution is 0.0302. The zero-order chi connectivity index (χ0) is 18.5. The van der Waals surface area contributed by atoms with E-state index in [1.807, 2.05) is 0 Å². The second-order valence-corrected chi connectivity index (χ2v) is 5.48. The molecular formula is C17H18N4O5. The number of nitrogens with zero attached hydrogens (tertiary/aromatic N) is 3. The minimum absolute atomic E-state index is 0.0121. The molecule has 0 bridgehead atoms. The molecule has 1 saturated heterocycles. The summed E-state index contributed by atoms with van der Waals surface area (Å²) in [7, 11) is 1.46. The minimum atomic E-state index is -0.710. The van der Waals surface area contributed by atoms with Crippen LogP contribution in [-0.2, 0) is 4.74 Å². The number of primary amides is 1. The standard InChI is InChI=1S/C17H18N4O5/c1-24-14-8-11(17(23)21-4-6-25-7-5-21)2-3-13(14)26-16-12(15(18)22)9-19-10-20-16/h2-3,8-10H,4-7H2,1H3,(H2,18,22). The maximum absolute atomic E-state index is 12.6. The first-order valence-corrected chi connectivity index (χ1v) is 7.93. The fourth-order valence-corrected chi connectivity index (χ4v) is 2.51. The Hall–Kier alpha value is -3.20. The molecule has 1 aliphatic heterocycles. The number of ether oxygens (including phenoxy) is 3. The first-order valence-electron chi connectivity index (χ1n) is 7.93. The molecule has 26 heavy (non-hydrogen) atoms. The van der Waals surface area contributed by atoms with Crippen LogP contribution in [-0.4, -0.2) is 60.1 Å². The highest BCUT2D eigenvalue weighted by molar-refractivity contribution is 5.95. The van der Waals surface area contributed by atoms with Crippen molar-refractivity contribution in [3.05, 3.63) is 41.9 Å². The number of rotatable bonds is 5. The lowest BCUT2D eigenvalue weighted by atomic mass is 10.1. The van der Waals surface area contributed by atoms with Crippen LogP contribution in [0.15, 0.2) is 30.7 Å². The Morgan fingerprint density at radius 2 is 2.00 bits per heavy atom. The van der Waals surface area contributed by atoms with Crippen LogP contribution < -0.4 is 15.2 Å². The van der Waals surface area contributed by atoms with Crippen molar-refractivity contribution in [3.8, 4) is 17.4 Å². The summed E-state index contributed by atoms with van der Waals surface area (Å²) in [5, 5.41) is 0. The van der Waals surface area contributed by atoms with Gasteiger partial charge in [-0.2, -0.15) is 0 Å². The van der Waals surface area contributed by atoms with E-state index < -0.39 is 5.91 Å².